The van der Waals surface area contributed by atoms with Gasteiger partial charge in [-0.05, 0) is 48.2 Å². The van der Waals surface area contributed by atoms with Gasteiger partial charge in [0.25, 0.3) is 0 Å². The van der Waals surface area contributed by atoms with Crippen LogP contribution < -0.4 is 5.32 Å². The molecule has 0 amide bonds. The number of hydrogen-bond donors (Lipinski definition) is 1. The minimum absolute atomic E-state index is 0.285. The Labute approximate surface area is 207 Å². The first-order chi connectivity index (χ1) is 15.6. The molecule has 3 aromatic rings. The molecule has 32 heavy (non-hydrogen) atoms. The number of aliphatic imine (C=N–C) groups is 2. The van der Waals surface area contributed by atoms with Crippen molar-refractivity contribution in [1.29, 1.82) is 0 Å². The van der Waals surface area contributed by atoms with Crippen molar-refractivity contribution < 1.29 is 0 Å². The van der Waals surface area contributed by atoms with Crippen molar-refractivity contribution in [2.45, 2.75) is 45.2 Å². The van der Waals surface area contributed by atoms with Crippen LogP contribution in [0, 0.1) is 0 Å². The predicted octanol–water partition coefficient (Wildman–Crippen LogP) is 7.83. The van der Waals surface area contributed by atoms with Gasteiger partial charge >= 0.3 is 0 Å². The number of nitrogens with zero attached hydrogens (tertiary/aromatic N) is 2. The van der Waals surface area contributed by atoms with Gasteiger partial charge in [0, 0.05) is 20.1 Å². The zero-order valence-electron chi connectivity index (χ0n) is 18.2. The Morgan fingerprint density at radius 1 is 0.688 bits per heavy atom. The molecule has 0 aliphatic carbocycles. The highest BCUT2D eigenvalue weighted by molar-refractivity contribution is 9.10. The maximum Gasteiger partial charge on any atom is 0.169 e. The molecular weight excluding hydrogens is 526 g/mol. The van der Waals surface area contributed by atoms with Crippen molar-refractivity contribution in [2.24, 2.45) is 9.98 Å². The van der Waals surface area contributed by atoms with E-state index in [4.69, 9.17) is 9.98 Å². The molecule has 0 saturated heterocycles. The van der Waals surface area contributed by atoms with E-state index in [2.05, 4.69) is 92.6 Å². The molecule has 1 aliphatic heterocycles. The Hall–Kier alpha value is -2.24. The van der Waals surface area contributed by atoms with Crippen LogP contribution in [0.4, 0.5) is 0 Å². The van der Waals surface area contributed by atoms with Crippen molar-refractivity contribution >= 4 is 43.5 Å². The standard InChI is InChI=1S/C27H27Br2N3/c1-2-3-4-5-6-19-7-9-20(10-8-19)25-30-26(21-11-15-23(28)16-12-21)32-27(31-25)22-13-17-24(29)18-14-22/h7-18,26H,2-6H2,1H3,(H,30,31,32). The van der Waals surface area contributed by atoms with Gasteiger partial charge in [-0.3, -0.25) is 0 Å². The van der Waals surface area contributed by atoms with Crippen molar-refractivity contribution in [3.05, 3.63) is 104 Å². The first-order valence-electron chi connectivity index (χ1n) is 11.2. The summed E-state index contributed by atoms with van der Waals surface area (Å²) < 4.78 is 2.09. The highest BCUT2D eigenvalue weighted by Crippen LogP contribution is 2.26. The summed E-state index contributed by atoms with van der Waals surface area (Å²) in [7, 11) is 0. The molecular formula is C27H27Br2N3. The van der Waals surface area contributed by atoms with Gasteiger partial charge in [0.2, 0.25) is 0 Å². The predicted molar refractivity (Wildman–Crippen MR) is 142 cm³/mol. The van der Waals surface area contributed by atoms with E-state index in [1.165, 1.54) is 31.2 Å². The number of hydrogen-bond acceptors (Lipinski definition) is 3. The van der Waals surface area contributed by atoms with Gasteiger partial charge in [-0.2, -0.15) is 0 Å². The van der Waals surface area contributed by atoms with Gasteiger partial charge < -0.3 is 5.32 Å². The number of unbranched alkanes of at least 4 members (excludes halogenated alkanes) is 3. The Morgan fingerprint density at radius 2 is 1.22 bits per heavy atom. The number of rotatable bonds is 8. The lowest BCUT2D eigenvalue weighted by Gasteiger charge is -2.22. The van der Waals surface area contributed by atoms with E-state index in [9.17, 15) is 0 Å². The SMILES string of the molecule is CCCCCCc1ccc(C2=NC(c3ccc(Br)cc3)N=C(c3ccc(Br)cc3)N2)cc1. The minimum Gasteiger partial charge on any atom is -0.324 e. The third-order valence-electron chi connectivity index (χ3n) is 5.57. The van der Waals surface area contributed by atoms with Crippen molar-refractivity contribution in [3.63, 3.8) is 0 Å². The molecule has 0 spiro atoms. The Balaban J connectivity index is 1.60. The van der Waals surface area contributed by atoms with Gasteiger partial charge in [0.1, 0.15) is 11.7 Å². The molecule has 1 aliphatic rings. The minimum atomic E-state index is -0.285. The molecule has 0 aromatic heterocycles. The van der Waals surface area contributed by atoms with Crippen LogP contribution in [-0.2, 0) is 6.42 Å². The van der Waals surface area contributed by atoms with Crippen molar-refractivity contribution in [3.8, 4) is 0 Å². The van der Waals surface area contributed by atoms with Gasteiger partial charge in [-0.25, -0.2) is 9.98 Å². The first-order valence-corrected chi connectivity index (χ1v) is 12.7. The van der Waals surface area contributed by atoms with E-state index in [1.54, 1.807) is 0 Å². The quantitative estimate of drug-likeness (QED) is 0.284. The highest BCUT2D eigenvalue weighted by atomic mass is 79.9. The average Bonchev–Trinajstić information content (AvgIpc) is 2.83. The molecule has 1 atom stereocenters. The van der Waals surface area contributed by atoms with Crippen LogP contribution in [0.1, 0.15) is 61.0 Å². The summed E-state index contributed by atoms with van der Waals surface area (Å²) in [4.78, 5) is 9.88. The zero-order chi connectivity index (χ0) is 22.3. The van der Waals surface area contributed by atoms with E-state index < -0.39 is 0 Å². The molecule has 4 rings (SSSR count). The van der Waals surface area contributed by atoms with Crippen LogP contribution in [0.3, 0.4) is 0 Å². The highest BCUT2D eigenvalue weighted by Gasteiger charge is 2.20. The van der Waals surface area contributed by atoms with E-state index in [0.29, 0.717) is 0 Å². The average molecular weight is 553 g/mol. The van der Waals surface area contributed by atoms with Crippen LogP contribution in [0.15, 0.2) is 91.7 Å². The second-order valence-corrected chi connectivity index (χ2v) is 9.85. The second-order valence-electron chi connectivity index (χ2n) is 8.02. The van der Waals surface area contributed by atoms with E-state index in [-0.39, 0.29) is 6.17 Å². The number of nitrogens with one attached hydrogen (secondary N) is 1. The molecule has 1 unspecified atom stereocenters. The lowest BCUT2D eigenvalue weighted by atomic mass is 10.0. The van der Waals surface area contributed by atoms with Crippen molar-refractivity contribution in [1.82, 2.24) is 5.32 Å². The number of benzene rings is 3. The molecule has 164 valence electrons. The Kier molecular flexibility index (Phi) is 7.93. The van der Waals surface area contributed by atoms with Crippen LogP contribution in [0.25, 0.3) is 0 Å². The normalized spacial score (nSPS) is 15.7. The maximum atomic E-state index is 4.95. The molecule has 1 heterocycles. The van der Waals surface area contributed by atoms with Crippen LogP contribution in [0.5, 0.6) is 0 Å². The Bertz CT molecular complexity index is 1090. The second kappa shape index (κ2) is 11.1. The molecule has 0 saturated carbocycles. The van der Waals surface area contributed by atoms with Crippen molar-refractivity contribution in [2.75, 3.05) is 0 Å². The summed E-state index contributed by atoms with van der Waals surface area (Å²) in [6, 6.07) is 25.2. The number of amidine groups is 2. The van der Waals surface area contributed by atoms with E-state index in [1.807, 2.05) is 24.3 Å². The topological polar surface area (TPSA) is 36.8 Å². The van der Waals surface area contributed by atoms with Gasteiger partial charge in [-0.1, -0.05) is 107 Å². The summed E-state index contributed by atoms with van der Waals surface area (Å²) in [6.07, 6.45) is 5.98. The summed E-state index contributed by atoms with van der Waals surface area (Å²) in [6.45, 7) is 2.25. The summed E-state index contributed by atoms with van der Waals surface area (Å²) >= 11 is 7.04. The first kappa shape index (κ1) is 22.9. The molecule has 3 nitrogen and oxygen atoms in total. The lowest BCUT2D eigenvalue weighted by Crippen LogP contribution is -2.36. The van der Waals surface area contributed by atoms with Crippen LogP contribution in [-0.4, -0.2) is 11.7 Å². The van der Waals surface area contributed by atoms with E-state index >= 15 is 0 Å². The van der Waals surface area contributed by atoms with E-state index in [0.717, 1.165) is 43.7 Å². The van der Waals surface area contributed by atoms with Gasteiger partial charge in [0.05, 0.1) is 0 Å². The monoisotopic (exact) mass is 551 g/mol. The Morgan fingerprint density at radius 3 is 1.78 bits per heavy atom. The van der Waals surface area contributed by atoms with Gasteiger partial charge in [-0.15, -0.1) is 0 Å². The maximum absolute atomic E-state index is 4.95. The molecule has 0 radical (unpaired) electrons. The fraction of sp³-hybridized carbons (Fsp3) is 0.259. The molecule has 0 fully saturated rings. The summed E-state index contributed by atoms with van der Waals surface area (Å²) in [5.74, 6) is 1.68. The number of aryl methyl sites for hydroxylation is 1. The fourth-order valence-electron chi connectivity index (χ4n) is 3.72. The zero-order valence-corrected chi connectivity index (χ0v) is 21.4. The lowest BCUT2D eigenvalue weighted by molar-refractivity contribution is 0.667. The molecule has 1 N–H and O–H groups in total. The number of halogens is 2. The summed E-state index contributed by atoms with van der Waals surface area (Å²) in [5.41, 5.74) is 4.56. The largest absolute Gasteiger partial charge is 0.324 e. The third-order valence-corrected chi connectivity index (χ3v) is 6.63. The smallest absolute Gasteiger partial charge is 0.169 e. The fourth-order valence-corrected chi connectivity index (χ4v) is 4.25. The van der Waals surface area contributed by atoms with Crippen LogP contribution >= 0.6 is 31.9 Å². The third kappa shape index (κ3) is 5.96. The van der Waals surface area contributed by atoms with Crippen LogP contribution in [0.2, 0.25) is 0 Å². The molecule has 0 bridgehead atoms. The summed E-state index contributed by atoms with van der Waals surface area (Å²) in [5, 5.41) is 3.47. The van der Waals surface area contributed by atoms with Gasteiger partial charge in [0.15, 0.2) is 6.17 Å². The molecule has 5 heteroatoms. The molecule has 3 aromatic carbocycles.